The van der Waals surface area contributed by atoms with Gasteiger partial charge in [-0.25, -0.2) is 9.97 Å². The lowest BCUT2D eigenvalue weighted by molar-refractivity contribution is 0.215. The second kappa shape index (κ2) is 15.7. The van der Waals surface area contributed by atoms with Crippen LogP contribution < -0.4 is 14.2 Å². The number of aromatic nitrogens is 2. The van der Waals surface area contributed by atoms with Crippen molar-refractivity contribution in [3.8, 4) is 17.2 Å². The molecule has 0 unspecified atom stereocenters. The Morgan fingerprint density at radius 3 is 2.03 bits per heavy atom. The first-order valence-corrected chi connectivity index (χ1v) is 11.6. The van der Waals surface area contributed by atoms with Gasteiger partial charge in [-0.2, -0.15) is 0 Å². The number of hydrogen-bond donors (Lipinski definition) is 0. The summed E-state index contributed by atoms with van der Waals surface area (Å²) in [5, 5.41) is 3.63. The fourth-order valence-electron chi connectivity index (χ4n) is 3.30. The van der Waals surface area contributed by atoms with Crippen molar-refractivity contribution in [1.29, 1.82) is 0 Å². The average Bonchev–Trinajstić information content (AvgIpc) is 2.81. The molecular weight excluding hydrogens is 418 g/mol. The molecule has 0 aliphatic heterocycles. The van der Waals surface area contributed by atoms with Crippen molar-refractivity contribution < 1.29 is 19.0 Å². The van der Waals surface area contributed by atoms with E-state index in [1.807, 2.05) is 31.2 Å². The summed E-state index contributed by atoms with van der Waals surface area (Å²) in [6, 6.07) is 4.09. The van der Waals surface area contributed by atoms with Crippen LogP contribution in [0.15, 0.2) is 41.8 Å². The van der Waals surface area contributed by atoms with Gasteiger partial charge in [0, 0.05) is 0 Å². The molecule has 0 spiro atoms. The van der Waals surface area contributed by atoms with E-state index in [9.17, 15) is 0 Å². The summed E-state index contributed by atoms with van der Waals surface area (Å²) in [6.07, 6.45) is 15.5. The lowest BCUT2D eigenvalue weighted by Crippen LogP contribution is -2.02. The Balaban J connectivity index is 1.53. The second-order valence-electron chi connectivity index (χ2n) is 7.78. The van der Waals surface area contributed by atoms with Gasteiger partial charge in [0.2, 0.25) is 0 Å². The third-order valence-electron chi connectivity index (χ3n) is 4.99. The summed E-state index contributed by atoms with van der Waals surface area (Å²) in [7, 11) is 1.48. The molecule has 0 aliphatic rings. The number of nitrogens with zero attached hydrogens (tertiary/aromatic N) is 3. The molecule has 0 aliphatic carbocycles. The first-order valence-electron chi connectivity index (χ1n) is 11.6. The van der Waals surface area contributed by atoms with Gasteiger partial charge in [0.05, 0.1) is 25.6 Å². The number of benzene rings is 1. The van der Waals surface area contributed by atoms with Crippen LogP contribution in [0.4, 0.5) is 0 Å². The van der Waals surface area contributed by atoms with Crippen molar-refractivity contribution in [3.63, 3.8) is 0 Å². The maximum Gasteiger partial charge on any atom is 0.174 e. The predicted octanol–water partition coefficient (Wildman–Crippen LogP) is 5.83. The van der Waals surface area contributed by atoms with Gasteiger partial charge in [0.1, 0.15) is 31.4 Å². The number of unbranched alkanes of at least 4 members (excludes halogenated alkanes) is 5. The quantitative estimate of drug-likeness (QED) is 0.137. The highest BCUT2D eigenvalue weighted by molar-refractivity contribution is 5.73. The van der Waals surface area contributed by atoms with Gasteiger partial charge in [0.25, 0.3) is 0 Å². The van der Waals surface area contributed by atoms with Gasteiger partial charge < -0.3 is 19.0 Å². The molecule has 180 valence electrons. The Kier molecular flexibility index (Phi) is 12.4. The van der Waals surface area contributed by atoms with Crippen molar-refractivity contribution in [3.05, 3.63) is 53.6 Å². The van der Waals surface area contributed by atoms with E-state index in [-0.39, 0.29) is 0 Å². The molecule has 7 heteroatoms. The third kappa shape index (κ3) is 10.4. The molecule has 0 amide bonds. The van der Waals surface area contributed by atoms with Gasteiger partial charge >= 0.3 is 0 Å². The molecule has 33 heavy (non-hydrogen) atoms. The Bertz CT molecular complexity index is 843. The van der Waals surface area contributed by atoms with Crippen LogP contribution in [-0.4, -0.2) is 43.1 Å². The van der Waals surface area contributed by atoms with E-state index in [1.54, 1.807) is 12.4 Å². The molecule has 0 atom stereocenters. The Morgan fingerprint density at radius 2 is 1.42 bits per heavy atom. The Hall–Kier alpha value is -3.09. The monoisotopic (exact) mass is 455 g/mol. The zero-order chi connectivity index (χ0) is 23.7. The highest BCUT2D eigenvalue weighted by Crippen LogP contribution is 2.28. The number of aryl methyl sites for hydroxylation is 2. The van der Waals surface area contributed by atoms with Crippen LogP contribution in [0.1, 0.15) is 62.4 Å². The predicted molar refractivity (Wildman–Crippen MR) is 132 cm³/mol. The molecule has 0 bridgehead atoms. The Labute approximate surface area is 197 Å². The van der Waals surface area contributed by atoms with E-state index in [0.29, 0.717) is 24.8 Å². The van der Waals surface area contributed by atoms with E-state index < -0.39 is 0 Å². The number of ether oxygens (including phenoxy) is 3. The van der Waals surface area contributed by atoms with Crippen LogP contribution >= 0.6 is 0 Å². The van der Waals surface area contributed by atoms with Crippen molar-refractivity contribution in [2.24, 2.45) is 5.16 Å². The molecule has 1 heterocycles. The minimum Gasteiger partial charge on any atom is -0.493 e. The highest BCUT2D eigenvalue weighted by atomic mass is 16.6. The maximum atomic E-state index is 6.06. The van der Waals surface area contributed by atoms with Gasteiger partial charge in [0.15, 0.2) is 11.6 Å². The molecule has 0 saturated carbocycles. The standard InChI is InChI=1S/C26H37N3O4/c1-5-6-13-31-23-16-21(2)26(22(3)17-23)33-15-12-10-8-7-9-11-14-32-24-18-27-25(28-19-24)20-29-30-4/h5-6,16-20H,7-15H2,1-4H3/b6-5+,29-20?. The van der Waals surface area contributed by atoms with Gasteiger partial charge in [-0.15, -0.1) is 0 Å². The maximum absolute atomic E-state index is 6.06. The van der Waals surface area contributed by atoms with Gasteiger partial charge in [-0.05, 0) is 56.9 Å². The third-order valence-corrected chi connectivity index (χ3v) is 4.99. The highest BCUT2D eigenvalue weighted by Gasteiger charge is 2.07. The summed E-state index contributed by atoms with van der Waals surface area (Å²) in [6.45, 7) is 8.14. The van der Waals surface area contributed by atoms with Crippen molar-refractivity contribution in [2.45, 2.75) is 59.3 Å². The van der Waals surface area contributed by atoms with Crippen LogP contribution in [0.25, 0.3) is 0 Å². The number of rotatable bonds is 16. The Morgan fingerprint density at radius 1 is 0.818 bits per heavy atom. The molecule has 7 nitrogen and oxygen atoms in total. The summed E-state index contributed by atoms with van der Waals surface area (Å²) in [5.41, 5.74) is 2.24. The number of hydrogen-bond acceptors (Lipinski definition) is 7. The lowest BCUT2D eigenvalue weighted by atomic mass is 10.1. The zero-order valence-electron chi connectivity index (χ0n) is 20.4. The lowest BCUT2D eigenvalue weighted by Gasteiger charge is -2.14. The van der Waals surface area contributed by atoms with Crippen LogP contribution in [-0.2, 0) is 4.84 Å². The zero-order valence-corrected chi connectivity index (χ0v) is 20.4. The molecule has 1 aromatic carbocycles. The molecule has 2 aromatic rings. The normalized spacial score (nSPS) is 11.3. The molecule has 0 saturated heterocycles. The first-order chi connectivity index (χ1) is 16.1. The summed E-state index contributed by atoms with van der Waals surface area (Å²) >= 11 is 0. The summed E-state index contributed by atoms with van der Waals surface area (Å²) in [4.78, 5) is 12.9. The van der Waals surface area contributed by atoms with Crippen LogP contribution in [0, 0.1) is 13.8 Å². The SMILES string of the molecule is C/C=C/COc1cc(C)c(OCCCCCCCCOc2cnc(C=NOC)nc2)c(C)c1. The minimum absolute atomic E-state index is 0.490. The molecule has 0 fully saturated rings. The van der Waals surface area contributed by atoms with Crippen molar-refractivity contribution >= 4 is 6.21 Å². The molecular formula is C26H37N3O4. The van der Waals surface area contributed by atoms with E-state index in [2.05, 4.69) is 33.8 Å². The van der Waals surface area contributed by atoms with E-state index in [0.717, 1.165) is 48.5 Å². The largest absolute Gasteiger partial charge is 0.493 e. The molecule has 1 aromatic heterocycles. The molecule has 0 N–H and O–H groups in total. The summed E-state index contributed by atoms with van der Waals surface area (Å²) in [5.74, 6) is 3.03. The number of oxime groups is 1. The average molecular weight is 456 g/mol. The van der Waals surface area contributed by atoms with Crippen molar-refractivity contribution in [1.82, 2.24) is 9.97 Å². The number of allylic oxidation sites excluding steroid dienone is 1. The fraction of sp³-hybridized carbons (Fsp3) is 0.500. The molecule has 2 rings (SSSR count). The minimum atomic E-state index is 0.490. The molecule has 0 radical (unpaired) electrons. The summed E-state index contributed by atoms with van der Waals surface area (Å²) < 4.78 is 17.5. The second-order valence-corrected chi connectivity index (χ2v) is 7.78. The van der Waals surface area contributed by atoms with Crippen molar-refractivity contribution in [2.75, 3.05) is 26.9 Å². The van der Waals surface area contributed by atoms with E-state index in [4.69, 9.17) is 14.2 Å². The topological polar surface area (TPSA) is 75.1 Å². The van der Waals surface area contributed by atoms with Crippen LogP contribution in [0.2, 0.25) is 0 Å². The first kappa shape index (κ1) is 26.2. The van der Waals surface area contributed by atoms with Gasteiger partial charge in [-0.1, -0.05) is 43.0 Å². The smallest absolute Gasteiger partial charge is 0.174 e. The fourth-order valence-corrected chi connectivity index (χ4v) is 3.30. The van der Waals surface area contributed by atoms with E-state index in [1.165, 1.54) is 32.6 Å². The van der Waals surface area contributed by atoms with Crippen LogP contribution in [0.5, 0.6) is 17.2 Å². The van der Waals surface area contributed by atoms with Gasteiger partial charge in [-0.3, -0.25) is 0 Å². The van der Waals surface area contributed by atoms with E-state index >= 15 is 0 Å². The van der Waals surface area contributed by atoms with Crippen LogP contribution in [0.3, 0.4) is 0 Å².